The molecule has 0 atom stereocenters. The Hall–Kier alpha value is -1.59. The van der Waals surface area contributed by atoms with Crippen LogP contribution < -0.4 is 5.69 Å². The van der Waals surface area contributed by atoms with E-state index in [1.54, 1.807) is 0 Å². The quantitative estimate of drug-likeness (QED) is 0.887. The molecule has 1 aromatic carbocycles. The Balaban J connectivity index is 1.35. The van der Waals surface area contributed by atoms with Crippen LogP contribution in [0.1, 0.15) is 57.9 Å². The molecule has 1 aliphatic carbocycles. The van der Waals surface area contributed by atoms with E-state index in [-0.39, 0.29) is 5.69 Å². The lowest BCUT2D eigenvalue weighted by atomic mass is 9.90. The molecule has 142 valence electrons. The summed E-state index contributed by atoms with van der Waals surface area (Å²) in [4.78, 5) is 18.1. The van der Waals surface area contributed by atoms with Gasteiger partial charge in [0.15, 0.2) is 0 Å². The third-order valence-electron chi connectivity index (χ3n) is 6.21. The van der Waals surface area contributed by atoms with Gasteiger partial charge in [-0.05, 0) is 57.1 Å². The molecule has 2 aliphatic rings. The zero-order valence-corrected chi connectivity index (χ0v) is 15.8. The number of nitrogens with one attached hydrogen (secondary N) is 1. The Morgan fingerprint density at radius 2 is 1.77 bits per heavy atom. The van der Waals surface area contributed by atoms with E-state index < -0.39 is 0 Å². The third-order valence-corrected chi connectivity index (χ3v) is 6.21. The van der Waals surface area contributed by atoms with Crippen molar-refractivity contribution in [3.05, 3.63) is 34.7 Å². The number of benzene rings is 1. The van der Waals surface area contributed by atoms with Gasteiger partial charge >= 0.3 is 5.69 Å². The van der Waals surface area contributed by atoms with Crippen LogP contribution in [-0.4, -0.2) is 46.3 Å². The third kappa shape index (κ3) is 3.60. The highest BCUT2D eigenvalue weighted by Crippen LogP contribution is 2.31. The van der Waals surface area contributed by atoms with Gasteiger partial charge in [-0.1, -0.05) is 19.1 Å². The second-order valence-corrected chi connectivity index (χ2v) is 7.89. The fourth-order valence-electron chi connectivity index (χ4n) is 4.81. The van der Waals surface area contributed by atoms with E-state index in [9.17, 15) is 4.79 Å². The van der Waals surface area contributed by atoms with Crippen molar-refractivity contribution < 1.29 is 4.74 Å². The van der Waals surface area contributed by atoms with Crippen LogP contribution in [0.5, 0.6) is 0 Å². The molecule has 4 rings (SSSR count). The summed E-state index contributed by atoms with van der Waals surface area (Å²) in [5, 5.41) is 0. The molecule has 0 spiro atoms. The molecule has 1 saturated heterocycles. The zero-order valence-electron chi connectivity index (χ0n) is 15.8. The van der Waals surface area contributed by atoms with Crippen molar-refractivity contribution >= 4 is 11.0 Å². The summed E-state index contributed by atoms with van der Waals surface area (Å²) >= 11 is 0. The Morgan fingerprint density at radius 3 is 2.50 bits per heavy atom. The van der Waals surface area contributed by atoms with Gasteiger partial charge in [-0.25, -0.2) is 4.79 Å². The summed E-state index contributed by atoms with van der Waals surface area (Å²) in [5.41, 5.74) is 2.04. The van der Waals surface area contributed by atoms with Crippen molar-refractivity contribution in [1.82, 2.24) is 14.5 Å². The van der Waals surface area contributed by atoms with Crippen LogP contribution in [0.2, 0.25) is 0 Å². The molecule has 1 aliphatic heterocycles. The molecule has 0 amide bonds. The number of ether oxygens (including phenoxy) is 1. The minimum atomic E-state index is 0.0400. The number of fused-ring (bicyclic) bond motifs is 1. The lowest BCUT2D eigenvalue weighted by molar-refractivity contribution is 0.00254. The van der Waals surface area contributed by atoms with Crippen molar-refractivity contribution in [3.63, 3.8) is 0 Å². The topological polar surface area (TPSA) is 50.3 Å². The molecule has 1 saturated carbocycles. The molecule has 5 heteroatoms. The molecule has 0 radical (unpaired) electrons. The fourth-order valence-corrected chi connectivity index (χ4v) is 4.81. The Bertz CT molecular complexity index is 765. The lowest BCUT2D eigenvalue weighted by Crippen LogP contribution is -2.45. The van der Waals surface area contributed by atoms with Crippen molar-refractivity contribution in [2.24, 2.45) is 0 Å². The number of para-hydroxylation sites is 2. The normalized spacial score (nSPS) is 25.7. The van der Waals surface area contributed by atoms with Gasteiger partial charge in [0.2, 0.25) is 0 Å². The van der Waals surface area contributed by atoms with Crippen molar-refractivity contribution in [2.45, 2.75) is 70.1 Å². The van der Waals surface area contributed by atoms with Crippen LogP contribution in [0.3, 0.4) is 0 Å². The number of imidazole rings is 1. The minimum Gasteiger partial charge on any atom is -0.378 e. The molecule has 0 unspecified atom stereocenters. The number of hydrogen-bond donors (Lipinski definition) is 1. The summed E-state index contributed by atoms with van der Waals surface area (Å²) < 4.78 is 7.92. The number of H-pyrrole nitrogens is 1. The smallest absolute Gasteiger partial charge is 0.326 e. The standard InChI is InChI=1S/C21H31N3O2/c1-2-15-26-18-9-7-16(8-10-18)23-13-11-17(12-14-23)24-20-6-4-3-5-19(20)22-21(24)25/h3-6,16-18H,2,7-15H2,1H3,(H,22,25)/t16-,18-. The van der Waals surface area contributed by atoms with Gasteiger partial charge in [0.25, 0.3) is 0 Å². The van der Waals surface area contributed by atoms with Gasteiger partial charge in [-0.2, -0.15) is 0 Å². The predicted molar refractivity (Wildman–Crippen MR) is 105 cm³/mol. The number of likely N-dealkylation sites (tertiary alicyclic amines) is 1. The SMILES string of the molecule is CCCO[C@H]1CC[C@H](N2CCC(n3c(=O)[nH]c4ccccc43)CC2)CC1. The van der Waals surface area contributed by atoms with Crippen molar-refractivity contribution in [3.8, 4) is 0 Å². The largest absolute Gasteiger partial charge is 0.378 e. The molecule has 1 aromatic heterocycles. The van der Waals surface area contributed by atoms with E-state index in [1.165, 1.54) is 25.7 Å². The first-order valence-electron chi connectivity index (χ1n) is 10.3. The van der Waals surface area contributed by atoms with Gasteiger partial charge in [0.1, 0.15) is 0 Å². The monoisotopic (exact) mass is 357 g/mol. The van der Waals surface area contributed by atoms with E-state index in [0.717, 1.165) is 50.0 Å². The number of piperidine rings is 1. The van der Waals surface area contributed by atoms with Crippen LogP contribution in [0.4, 0.5) is 0 Å². The van der Waals surface area contributed by atoms with Gasteiger partial charge in [-0.3, -0.25) is 4.57 Å². The van der Waals surface area contributed by atoms with Crippen LogP contribution in [0, 0.1) is 0 Å². The van der Waals surface area contributed by atoms with E-state index >= 15 is 0 Å². The Labute approximate surface area is 155 Å². The molecule has 2 fully saturated rings. The molecule has 26 heavy (non-hydrogen) atoms. The Kier molecular flexibility index (Phi) is 5.46. The molecule has 5 nitrogen and oxygen atoms in total. The minimum absolute atomic E-state index is 0.0400. The first-order valence-corrected chi connectivity index (χ1v) is 10.3. The highest BCUT2D eigenvalue weighted by Gasteiger charge is 2.30. The van der Waals surface area contributed by atoms with Crippen LogP contribution >= 0.6 is 0 Å². The summed E-state index contributed by atoms with van der Waals surface area (Å²) in [7, 11) is 0. The maximum atomic E-state index is 12.4. The van der Waals surface area contributed by atoms with Crippen LogP contribution in [-0.2, 0) is 4.74 Å². The second-order valence-electron chi connectivity index (χ2n) is 7.89. The molecular weight excluding hydrogens is 326 g/mol. The summed E-state index contributed by atoms with van der Waals surface area (Å²) in [6.45, 7) is 5.28. The average Bonchev–Trinajstić information content (AvgIpc) is 3.02. The van der Waals surface area contributed by atoms with E-state index in [1.807, 2.05) is 22.8 Å². The number of aromatic nitrogens is 2. The molecular formula is C21H31N3O2. The van der Waals surface area contributed by atoms with Crippen molar-refractivity contribution in [2.75, 3.05) is 19.7 Å². The predicted octanol–water partition coefficient (Wildman–Crippen LogP) is 3.70. The highest BCUT2D eigenvalue weighted by molar-refractivity contribution is 5.75. The van der Waals surface area contributed by atoms with E-state index in [0.29, 0.717) is 18.2 Å². The second kappa shape index (κ2) is 7.97. The molecule has 0 bridgehead atoms. The number of aromatic amines is 1. The van der Waals surface area contributed by atoms with E-state index in [4.69, 9.17) is 4.74 Å². The van der Waals surface area contributed by atoms with Gasteiger partial charge < -0.3 is 14.6 Å². The number of rotatable bonds is 5. The summed E-state index contributed by atoms with van der Waals surface area (Å²) in [6.07, 6.45) is 8.63. The van der Waals surface area contributed by atoms with Crippen LogP contribution in [0.25, 0.3) is 11.0 Å². The summed E-state index contributed by atoms with van der Waals surface area (Å²) in [6, 6.07) is 9.06. The lowest BCUT2D eigenvalue weighted by Gasteiger charge is -2.41. The van der Waals surface area contributed by atoms with Gasteiger partial charge in [0, 0.05) is 31.8 Å². The molecule has 2 heterocycles. The fraction of sp³-hybridized carbons (Fsp3) is 0.667. The maximum absolute atomic E-state index is 12.4. The Morgan fingerprint density at radius 1 is 1.04 bits per heavy atom. The molecule has 1 N–H and O–H groups in total. The van der Waals surface area contributed by atoms with Crippen molar-refractivity contribution in [1.29, 1.82) is 0 Å². The maximum Gasteiger partial charge on any atom is 0.326 e. The highest BCUT2D eigenvalue weighted by atomic mass is 16.5. The first kappa shape index (κ1) is 17.8. The number of hydrogen-bond acceptors (Lipinski definition) is 3. The zero-order chi connectivity index (χ0) is 17.9. The number of nitrogens with zero attached hydrogens (tertiary/aromatic N) is 2. The molecule has 2 aromatic rings. The van der Waals surface area contributed by atoms with Gasteiger partial charge in [0.05, 0.1) is 17.1 Å². The van der Waals surface area contributed by atoms with E-state index in [2.05, 4.69) is 22.9 Å². The first-order chi connectivity index (χ1) is 12.8. The van der Waals surface area contributed by atoms with Gasteiger partial charge in [-0.15, -0.1) is 0 Å². The average molecular weight is 357 g/mol. The van der Waals surface area contributed by atoms with Crippen LogP contribution in [0.15, 0.2) is 29.1 Å². The summed E-state index contributed by atoms with van der Waals surface area (Å²) in [5.74, 6) is 0.